The molecule has 1 amide bonds. The summed E-state index contributed by atoms with van der Waals surface area (Å²) in [5, 5.41) is 1.84. The number of aromatic nitrogens is 2. The summed E-state index contributed by atoms with van der Waals surface area (Å²) in [4.78, 5) is 33.2. The molecule has 124 valence electrons. The number of hydrogen-bond donors (Lipinski definition) is 1. The lowest BCUT2D eigenvalue weighted by atomic mass is 10.0. The number of nitrogens with zero attached hydrogens (tertiary/aromatic N) is 2. The molecule has 6 heteroatoms. The Morgan fingerprint density at radius 2 is 1.96 bits per heavy atom. The van der Waals surface area contributed by atoms with E-state index in [2.05, 4.69) is 23.8 Å². The highest BCUT2D eigenvalue weighted by atomic mass is 32.1. The molecule has 3 rings (SSSR count). The third-order valence-corrected chi connectivity index (χ3v) is 4.82. The molecule has 0 bridgehead atoms. The molecule has 0 radical (unpaired) electrons. The van der Waals surface area contributed by atoms with Crippen molar-refractivity contribution in [1.29, 1.82) is 0 Å². The number of carbonyl (C=O) groups is 1. The molecule has 0 fully saturated rings. The number of hydrogen-bond acceptors (Lipinski definition) is 4. The lowest BCUT2D eigenvalue weighted by Gasteiger charge is -2.17. The van der Waals surface area contributed by atoms with Gasteiger partial charge < -0.3 is 9.88 Å². The van der Waals surface area contributed by atoms with Gasteiger partial charge in [0.05, 0.1) is 12.1 Å². The van der Waals surface area contributed by atoms with Crippen LogP contribution in [0.3, 0.4) is 0 Å². The first kappa shape index (κ1) is 16.4. The Hall–Kier alpha value is -2.47. The van der Waals surface area contributed by atoms with Crippen LogP contribution in [0.15, 0.2) is 40.5 Å². The van der Waals surface area contributed by atoms with Crippen LogP contribution in [-0.2, 0) is 6.54 Å². The van der Waals surface area contributed by atoms with Gasteiger partial charge in [0.25, 0.3) is 11.5 Å². The number of benzene rings is 1. The molecule has 0 saturated heterocycles. The first-order chi connectivity index (χ1) is 11.5. The fraction of sp³-hybridized carbons (Fsp3) is 0.278. The van der Waals surface area contributed by atoms with Gasteiger partial charge in [0.15, 0.2) is 0 Å². The second-order valence-electron chi connectivity index (χ2n) is 6.09. The molecule has 0 aliphatic carbocycles. The molecule has 3 aromatic rings. The normalized spacial score (nSPS) is 11.2. The van der Waals surface area contributed by atoms with Crippen LogP contribution < -0.4 is 5.56 Å². The van der Waals surface area contributed by atoms with Crippen LogP contribution in [0.4, 0.5) is 0 Å². The highest BCUT2D eigenvalue weighted by Crippen LogP contribution is 2.17. The number of carbonyl (C=O) groups excluding carboxylic acids is 1. The van der Waals surface area contributed by atoms with E-state index in [-0.39, 0.29) is 18.0 Å². The molecule has 2 aromatic heterocycles. The summed E-state index contributed by atoms with van der Waals surface area (Å²) >= 11 is 1.36. The van der Waals surface area contributed by atoms with Crippen molar-refractivity contribution < 1.29 is 4.79 Å². The lowest BCUT2D eigenvalue weighted by molar-refractivity contribution is 0.0781. The number of fused-ring (bicyclic) bond motifs is 1. The van der Waals surface area contributed by atoms with Gasteiger partial charge in [-0.1, -0.05) is 26.0 Å². The Kier molecular flexibility index (Phi) is 4.49. The van der Waals surface area contributed by atoms with Gasteiger partial charge in [-0.25, -0.2) is 4.98 Å². The third-order valence-electron chi connectivity index (χ3n) is 3.92. The van der Waals surface area contributed by atoms with E-state index in [1.54, 1.807) is 11.9 Å². The summed E-state index contributed by atoms with van der Waals surface area (Å²) in [5.41, 5.74) is 2.33. The second-order valence-corrected chi connectivity index (χ2v) is 7.00. The first-order valence-corrected chi connectivity index (χ1v) is 8.65. The topological polar surface area (TPSA) is 66.1 Å². The molecule has 0 aliphatic rings. The van der Waals surface area contributed by atoms with Gasteiger partial charge in [-0.05, 0) is 35.1 Å². The average molecular weight is 341 g/mol. The van der Waals surface area contributed by atoms with Crippen LogP contribution in [-0.4, -0.2) is 27.8 Å². The quantitative estimate of drug-likeness (QED) is 0.791. The zero-order valence-electron chi connectivity index (χ0n) is 13.9. The molecular weight excluding hydrogens is 322 g/mol. The Labute approximate surface area is 144 Å². The maximum absolute atomic E-state index is 12.5. The molecule has 1 aromatic carbocycles. The van der Waals surface area contributed by atoms with Gasteiger partial charge in [-0.15, -0.1) is 11.3 Å². The summed E-state index contributed by atoms with van der Waals surface area (Å²) in [6.07, 6.45) is 0. The summed E-state index contributed by atoms with van der Waals surface area (Å²) in [7, 11) is 1.70. The van der Waals surface area contributed by atoms with E-state index in [0.29, 0.717) is 27.5 Å². The van der Waals surface area contributed by atoms with Crippen molar-refractivity contribution in [3.8, 4) is 0 Å². The predicted octanol–water partition coefficient (Wildman–Crippen LogP) is 3.38. The Morgan fingerprint density at radius 1 is 1.25 bits per heavy atom. The maximum atomic E-state index is 12.5. The van der Waals surface area contributed by atoms with Crippen molar-refractivity contribution in [2.24, 2.45) is 0 Å². The van der Waals surface area contributed by atoms with Gasteiger partial charge in [0.2, 0.25) is 0 Å². The highest BCUT2D eigenvalue weighted by molar-refractivity contribution is 7.17. The minimum atomic E-state index is -0.160. The SMILES string of the molecule is CC(C)c1ccc(C(=O)N(C)Cc2nc3ccsc3c(=O)[nH]2)cc1. The van der Waals surface area contributed by atoms with Crippen LogP contribution in [0.5, 0.6) is 0 Å². The van der Waals surface area contributed by atoms with Crippen molar-refractivity contribution in [1.82, 2.24) is 14.9 Å². The largest absolute Gasteiger partial charge is 0.334 e. The fourth-order valence-corrected chi connectivity index (χ4v) is 3.25. The van der Waals surface area contributed by atoms with Crippen molar-refractivity contribution in [2.45, 2.75) is 26.3 Å². The van der Waals surface area contributed by atoms with Crippen LogP contribution in [0.1, 0.15) is 41.5 Å². The molecule has 0 atom stereocenters. The number of nitrogens with one attached hydrogen (secondary N) is 1. The Balaban J connectivity index is 1.78. The van der Waals surface area contributed by atoms with E-state index in [1.807, 2.05) is 35.7 Å². The van der Waals surface area contributed by atoms with Gasteiger partial charge in [0.1, 0.15) is 10.5 Å². The molecular formula is C18H19N3O2S. The minimum Gasteiger partial charge on any atom is -0.334 e. The van der Waals surface area contributed by atoms with E-state index in [9.17, 15) is 9.59 Å². The van der Waals surface area contributed by atoms with E-state index in [4.69, 9.17) is 0 Å². The van der Waals surface area contributed by atoms with Crippen molar-refractivity contribution >= 4 is 27.5 Å². The minimum absolute atomic E-state index is 0.0987. The van der Waals surface area contributed by atoms with Crippen molar-refractivity contribution in [3.05, 3.63) is 63.0 Å². The predicted molar refractivity (Wildman–Crippen MR) is 96.6 cm³/mol. The van der Waals surface area contributed by atoms with Crippen LogP contribution in [0.25, 0.3) is 10.2 Å². The van der Waals surface area contributed by atoms with Gasteiger partial charge in [-0.3, -0.25) is 9.59 Å². The Bertz CT molecular complexity index is 925. The molecule has 2 heterocycles. The van der Waals surface area contributed by atoms with E-state index >= 15 is 0 Å². The summed E-state index contributed by atoms with van der Waals surface area (Å²) in [6.45, 7) is 4.49. The number of aromatic amines is 1. The monoisotopic (exact) mass is 341 g/mol. The standard InChI is InChI=1S/C18H19N3O2S/c1-11(2)12-4-6-13(7-5-12)18(23)21(3)10-15-19-14-8-9-24-16(14)17(22)20-15/h4-9,11H,10H2,1-3H3,(H,19,20,22). The molecule has 0 spiro atoms. The zero-order chi connectivity index (χ0) is 17.3. The average Bonchev–Trinajstić information content (AvgIpc) is 3.03. The van der Waals surface area contributed by atoms with Crippen molar-refractivity contribution in [3.63, 3.8) is 0 Å². The lowest BCUT2D eigenvalue weighted by Crippen LogP contribution is -2.28. The number of H-pyrrole nitrogens is 1. The second kappa shape index (κ2) is 6.57. The number of thiophene rings is 1. The molecule has 0 unspecified atom stereocenters. The van der Waals surface area contributed by atoms with Crippen molar-refractivity contribution in [2.75, 3.05) is 7.05 Å². The number of amides is 1. The fourth-order valence-electron chi connectivity index (χ4n) is 2.52. The van der Waals surface area contributed by atoms with E-state index < -0.39 is 0 Å². The van der Waals surface area contributed by atoms with Gasteiger partial charge >= 0.3 is 0 Å². The third kappa shape index (κ3) is 3.23. The maximum Gasteiger partial charge on any atom is 0.268 e. The molecule has 1 N–H and O–H groups in total. The van der Waals surface area contributed by atoms with E-state index in [0.717, 1.165) is 0 Å². The summed E-state index contributed by atoms with van der Waals surface area (Å²) in [6, 6.07) is 9.44. The van der Waals surface area contributed by atoms with Crippen LogP contribution >= 0.6 is 11.3 Å². The summed E-state index contributed by atoms with van der Waals surface area (Å²) < 4.78 is 0.608. The highest BCUT2D eigenvalue weighted by Gasteiger charge is 2.14. The van der Waals surface area contributed by atoms with Gasteiger partial charge in [0, 0.05) is 12.6 Å². The van der Waals surface area contributed by atoms with Gasteiger partial charge in [-0.2, -0.15) is 0 Å². The van der Waals surface area contributed by atoms with Crippen LogP contribution in [0, 0.1) is 0 Å². The Morgan fingerprint density at radius 3 is 2.62 bits per heavy atom. The smallest absolute Gasteiger partial charge is 0.268 e. The summed E-state index contributed by atoms with van der Waals surface area (Å²) in [5.74, 6) is 0.817. The number of rotatable bonds is 4. The zero-order valence-corrected chi connectivity index (χ0v) is 14.7. The molecule has 24 heavy (non-hydrogen) atoms. The first-order valence-electron chi connectivity index (χ1n) is 7.77. The molecule has 0 aliphatic heterocycles. The van der Waals surface area contributed by atoms with E-state index in [1.165, 1.54) is 16.9 Å². The molecule has 5 nitrogen and oxygen atoms in total. The molecule has 0 saturated carbocycles. The van der Waals surface area contributed by atoms with Crippen LogP contribution in [0.2, 0.25) is 0 Å².